The molecule has 2 fully saturated rings. The van der Waals surface area contributed by atoms with E-state index >= 15 is 0 Å². The van der Waals surface area contributed by atoms with Crippen molar-refractivity contribution >= 4 is 23.5 Å². The monoisotopic (exact) mass is 424 g/mol. The molecule has 0 spiro atoms. The van der Waals surface area contributed by atoms with Crippen molar-refractivity contribution in [3.05, 3.63) is 42.5 Å². The van der Waals surface area contributed by atoms with Gasteiger partial charge < -0.3 is 10.4 Å². The van der Waals surface area contributed by atoms with E-state index in [1.54, 1.807) is 30.3 Å². The molecule has 1 aromatic carbocycles. The van der Waals surface area contributed by atoms with Crippen molar-refractivity contribution in [2.45, 2.75) is 50.4 Å². The minimum absolute atomic E-state index is 0.205. The summed E-state index contributed by atoms with van der Waals surface area (Å²) < 4.78 is 40.7. The Morgan fingerprint density at radius 1 is 1.13 bits per heavy atom. The van der Waals surface area contributed by atoms with Gasteiger partial charge in [0.05, 0.1) is 5.92 Å². The number of β-lactam (4-membered cyclic amide) rings is 1. The van der Waals surface area contributed by atoms with Crippen molar-refractivity contribution in [2.75, 3.05) is 0 Å². The fourth-order valence-corrected chi connectivity index (χ4v) is 4.28. The predicted octanol–water partition coefficient (Wildman–Crippen LogP) is 3.83. The van der Waals surface area contributed by atoms with Crippen LogP contribution in [0.3, 0.4) is 0 Å². The maximum Gasteiger partial charge on any atom is 0.408 e. The molecule has 3 amide bonds. The first kappa shape index (κ1) is 21.9. The topological polar surface area (TPSA) is 86.7 Å². The van der Waals surface area contributed by atoms with Crippen LogP contribution in [0, 0.1) is 11.8 Å². The highest BCUT2D eigenvalue weighted by atomic mass is 19.4. The molecule has 3 rings (SSSR count). The third-order valence-corrected chi connectivity index (χ3v) is 5.84. The summed E-state index contributed by atoms with van der Waals surface area (Å²) >= 11 is 0. The number of carbonyl (C=O) groups excluding carboxylic acids is 2. The first-order valence-corrected chi connectivity index (χ1v) is 9.80. The fraction of sp³-hybridized carbons (Fsp3) is 0.476. The molecule has 0 unspecified atom stereocenters. The van der Waals surface area contributed by atoms with Gasteiger partial charge in [0, 0.05) is 0 Å². The standard InChI is InChI=1S/C21H23F3N2O4/c1-12(13-8-4-2-5-9-13)15-16(19(28)29)26(18(15)27)20(30)25-17(21(22,23)24)14-10-6-3-7-11-14/h2,4-5,8-9,14-17H,1,3,6-7,10-11H2,(H,25,30)(H,28,29)/t15-,16+,17+/m1/s1. The molecular weight excluding hydrogens is 401 g/mol. The number of likely N-dealkylation sites (tertiary alicyclic amines) is 1. The normalized spacial score (nSPS) is 23.4. The van der Waals surface area contributed by atoms with Crippen LogP contribution < -0.4 is 5.32 Å². The van der Waals surface area contributed by atoms with E-state index in [-0.39, 0.29) is 5.57 Å². The maximum atomic E-state index is 13.6. The molecule has 1 heterocycles. The van der Waals surface area contributed by atoms with Gasteiger partial charge >= 0.3 is 18.2 Å². The summed E-state index contributed by atoms with van der Waals surface area (Å²) in [5.74, 6) is -4.36. The van der Waals surface area contributed by atoms with Crippen LogP contribution >= 0.6 is 0 Å². The second-order valence-electron chi connectivity index (χ2n) is 7.73. The lowest BCUT2D eigenvalue weighted by atomic mass is 9.79. The highest BCUT2D eigenvalue weighted by molar-refractivity contribution is 6.12. The molecule has 1 aromatic rings. The van der Waals surface area contributed by atoms with Crippen molar-refractivity contribution in [2.24, 2.45) is 11.8 Å². The third kappa shape index (κ3) is 4.20. The second-order valence-corrected chi connectivity index (χ2v) is 7.73. The lowest BCUT2D eigenvalue weighted by molar-refractivity contribution is -0.171. The molecule has 2 N–H and O–H groups in total. The number of imide groups is 1. The number of carboxylic acids is 1. The molecule has 162 valence electrons. The van der Waals surface area contributed by atoms with Gasteiger partial charge in [-0.25, -0.2) is 14.5 Å². The molecule has 0 bridgehead atoms. The van der Waals surface area contributed by atoms with Crippen molar-refractivity contribution in [1.82, 2.24) is 10.2 Å². The molecule has 1 aliphatic carbocycles. The summed E-state index contributed by atoms with van der Waals surface area (Å²) in [6.45, 7) is 3.77. The molecule has 3 atom stereocenters. The average molecular weight is 424 g/mol. The molecule has 9 heteroatoms. The second kappa shape index (κ2) is 8.49. The minimum atomic E-state index is -4.70. The summed E-state index contributed by atoms with van der Waals surface area (Å²) in [5, 5.41) is 11.4. The Hall–Kier alpha value is -2.84. The molecular formula is C21H23F3N2O4. The van der Waals surface area contributed by atoms with Gasteiger partial charge in [-0.15, -0.1) is 0 Å². The number of alkyl halides is 3. The number of rotatable bonds is 5. The van der Waals surface area contributed by atoms with Gasteiger partial charge in [0.2, 0.25) is 5.91 Å². The van der Waals surface area contributed by atoms with Crippen LogP contribution in [0.4, 0.5) is 18.0 Å². The van der Waals surface area contributed by atoms with Crippen LogP contribution in [0.25, 0.3) is 5.57 Å². The molecule has 1 saturated heterocycles. The number of carboxylic acid groups (broad SMARTS) is 1. The number of aliphatic carboxylic acids is 1. The molecule has 0 aromatic heterocycles. The molecule has 2 aliphatic rings. The van der Waals surface area contributed by atoms with E-state index < -0.39 is 48.0 Å². The quantitative estimate of drug-likeness (QED) is 0.704. The highest BCUT2D eigenvalue weighted by Gasteiger charge is 2.57. The van der Waals surface area contributed by atoms with E-state index in [1.807, 2.05) is 5.32 Å². The average Bonchev–Trinajstić information content (AvgIpc) is 2.70. The van der Waals surface area contributed by atoms with Crippen molar-refractivity contribution in [1.29, 1.82) is 0 Å². The van der Waals surface area contributed by atoms with Crippen molar-refractivity contribution < 1.29 is 32.7 Å². The Morgan fingerprint density at radius 2 is 1.73 bits per heavy atom. The third-order valence-electron chi connectivity index (χ3n) is 5.84. The van der Waals surface area contributed by atoms with Gasteiger partial charge in [0.25, 0.3) is 0 Å². The van der Waals surface area contributed by atoms with Crippen LogP contribution in [-0.4, -0.2) is 46.2 Å². The van der Waals surface area contributed by atoms with Crippen molar-refractivity contribution in [3.63, 3.8) is 0 Å². The van der Waals surface area contributed by atoms with Crippen LogP contribution in [0.15, 0.2) is 36.9 Å². The Bertz CT molecular complexity index is 834. The number of amides is 3. The van der Waals surface area contributed by atoms with Gasteiger partial charge in [-0.2, -0.15) is 13.2 Å². The van der Waals surface area contributed by atoms with Crippen LogP contribution in [0.5, 0.6) is 0 Å². The highest BCUT2D eigenvalue weighted by Crippen LogP contribution is 2.39. The van der Waals surface area contributed by atoms with E-state index in [0.717, 1.165) is 6.42 Å². The first-order chi connectivity index (χ1) is 14.1. The van der Waals surface area contributed by atoms with Gasteiger partial charge in [0.15, 0.2) is 6.04 Å². The zero-order chi connectivity index (χ0) is 22.1. The Kier molecular flexibility index (Phi) is 6.19. The molecule has 30 heavy (non-hydrogen) atoms. The van der Waals surface area contributed by atoms with Crippen molar-refractivity contribution in [3.8, 4) is 0 Å². The maximum absolute atomic E-state index is 13.6. The van der Waals surface area contributed by atoms with Gasteiger partial charge in [-0.05, 0) is 29.9 Å². The van der Waals surface area contributed by atoms with Crippen LogP contribution in [-0.2, 0) is 9.59 Å². The van der Waals surface area contributed by atoms with E-state index in [4.69, 9.17) is 0 Å². The minimum Gasteiger partial charge on any atom is -0.480 e. The van der Waals surface area contributed by atoms with E-state index in [1.165, 1.54) is 0 Å². The predicted molar refractivity (Wildman–Crippen MR) is 102 cm³/mol. The summed E-state index contributed by atoms with van der Waals surface area (Å²) in [6.07, 6.45) is -1.97. The van der Waals surface area contributed by atoms with Gasteiger partial charge in [0.1, 0.15) is 6.04 Å². The summed E-state index contributed by atoms with van der Waals surface area (Å²) in [6, 6.07) is 3.31. The number of carbonyl (C=O) groups is 3. The number of nitrogens with zero attached hydrogens (tertiary/aromatic N) is 1. The number of nitrogens with one attached hydrogen (secondary N) is 1. The summed E-state index contributed by atoms with van der Waals surface area (Å²) in [5.41, 5.74) is 0.731. The SMILES string of the molecule is C=C(c1ccccc1)[C@H]1C(=O)N(C(=O)N[C@@H](C2CCCCC2)C(F)(F)F)[C@@H]1C(=O)O. The van der Waals surface area contributed by atoms with Gasteiger partial charge in [-0.1, -0.05) is 56.2 Å². The van der Waals surface area contributed by atoms with Gasteiger partial charge in [-0.3, -0.25) is 4.79 Å². The fourth-order valence-electron chi connectivity index (χ4n) is 4.28. The molecule has 1 aliphatic heterocycles. The zero-order valence-electron chi connectivity index (χ0n) is 16.2. The number of urea groups is 1. The Labute approximate surface area is 171 Å². The smallest absolute Gasteiger partial charge is 0.408 e. The lowest BCUT2D eigenvalue weighted by Gasteiger charge is -2.44. The lowest BCUT2D eigenvalue weighted by Crippen LogP contribution is -2.69. The summed E-state index contributed by atoms with van der Waals surface area (Å²) in [7, 11) is 0. The molecule has 6 nitrogen and oxygen atoms in total. The molecule has 0 radical (unpaired) electrons. The number of benzene rings is 1. The zero-order valence-corrected chi connectivity index (χ0v) is 16.2. The number of hydrogen-bond acceptors (Lipinski definition) is 3. The molecule has 1 saturated carbocycles. The van der Waals surface area contributed by atoms with E-state index in [2.05, 4.69) is 6.58 Å². The largest absolute Gasteiger partial charge is 0.480 e. The van der Waals surface area contributed by atoms with Crippen LogP contribution in [0.2, 0.25) is 0 Å². The Balaban J connectivity index is 1.78. The first-order valence-electron chi connectivity index (χ1n) is 9.80. The Morgan fingerprint density at radius 3 is 2.27 bits per heavy atom. The number of hydrogen-bond donors (Lipinski definition) is 2. The van der Waals surface area contributed by atoms with Crippen LogP contribution in [0.1, 0.15) is 37.7 Å². The summed E-state index contributed by atoms with van der Waals surface area (Å²) in [4.78, 5) is 37.3. The van der Waals surface area contributed by atoms with E-state index in [0.29, 0.717) is 36.1 Å². The number of halogens is 3. The van der Waals surface area contributed by atoms with E-state index in [9.17, 15) is 32.7 Å².